The number of nitrogens with one attached hydrogen (secondary N) is 1. The lowest BCUT2D eigenvalue weighted by atomic mass is 10.2. The molecule has 104 valence electrons. The van der Waals surface area contributed by atoms with Gasteiger partial charge in [-0.3, -0.25) is 4.79 Å². The van der Waals surface area contributed by atoms with Gasteiger partial charge in [0.15, 0.2) is 0 Å². The summed E-state index contributed by atoms with van der Waals surface area (Å²) in [5, 5.41) is 3.34. The number of benzene rings is 2. The molecule has 0 bridgehead atoms. The van der Waals surface area contributed by atoms with Crippen molar-refractivity contribution in [1.29, 1.82) is 0 Å². The van der Waals surface area contributed by atoms with Crippen LogP contribution in [0, 0.1) is 0 Å². The molecule has 5 heteroatoms. The second kappa shape index (κ2) is 7.07. The number of carbonyl (C=O) groups excluding carboxylic acids is 1. The first-order valence-electron chi connectivity index (χ1n) is 5.93. The van der Waals surface area contributed by atoms with E-state index in [2.05, 4.69) is 5.32 Å². The van der Waals surface area contributed by atoms with Crippen molar-refractivity contribution in [3.8, 4) is 0 Å². The fourth-order valence-corrected chi connectivity index (χ4v) is 2.81. The maximum absolute atomic E-state index is 12.3. The number of thioether (sulfide) groups is 2. The van der Waals surface area contributed by atoms with Gasteiger partial charge in [0.2, 0.25) is 0 Å². The molecule has 0 heterocycles. The Hall–Kier alpha value is -1.10. The Balaban J connectivity index is 2.23. The summed E-state index contributed by atoms with van der Waals surface area (Å²) in [6, 6.07) is 13.2. The molecular formula is C15H14ClNOS2. The van der Waals surface area contributed by atoms with Crippen molar-refractivity contribution >= 4 is 46.7 Å². The zero-order valence-electron chi connectivity index (χ0n) is 11.1. The van der Waals surface area contributed by atoms with Gasteiger partial charge >= 0.3 is 0 Å². The molecule has 1 amide bonds. The maximum atomic E-state index is 12.3. The first kappa shape index (κ1) is 15.3. The molecule has 2 aromatic rings. The molecule has 0 unspecified atom stereocenters. The molecule has 0 spiro atoms. The first-order chi connectivity index (χ1) is 9.63. The van der Waals surface area contributed by atoms with E-state index in [1.807, 2.05) is 42.8 Å². The topological polar surface area (TPSA) is 29.1 Å². The number of rotatable bonds is 4. The minimum Gasteiger partial charge on any atom is -0.322 e. The van der Waals surface area contributed by atoms with E-state index in [0.29, 0.717) is 10.6 Å². The molecule has 0 saturated heterocycles. The summed E-state index contributed by atoms with van der Waals surface area (Å²) in [5.74, 6) is -0.191. The fraction of sp³-hybridized carbons (Fsp3) is 0.133. The van der Waals surface area contributed by atoms with Crippen LogP contribution in [0.4, 0.5) is 5.69 Å². The lowest BCUT2D eigenvalue weighted by Gasteiger charge is -2.09. The molecule has 0 aliphatic heterocycles. The van der Waals surface area contributed by atoms with E-state index >= 15 is 0 Å². The highest BCUT2D eigenvalue weighted by molar-refractivity contribution is 7.98. The number of amides is 1. The Bertz CT molecular complexity index is 631. The summed E-state index contributed by atoms with van der Waals surface area (Å²) >= 11 is 9.31. The van der Waals surface area contributed by atoms with Gasteiger partial charge in [-0.2, -0.15) is 0 Å². The van der Waals surface area contributed by atoms with Gasteiger partial charge in [0.05, 0.1) is 10.6 Å². The summed E-state index contributed by atoms with van der Waals surface area (Å²) in [6.45, 7) is 0. The zero-order chi connectivity index (χ0) is 14.5. The van der Waals surface area contributed by atoms with E-state index in [0.717, 1.165) is 15.5 Å². The molecule has 0 radical (unpaired) electrons. The molecule has 2 aromatic carbocycles. The van der Waals surface area contributed by atoms with Gasteiger partial charge in [0.25, 0.3) is 5.91 Å². The first-order valence-corrected chi connectivity index (χ1v) is 8.75. The normalized spacial score (nSPS) is 10.3. The highest BCUT2D eigenvalue weighted by Crippen LogP contribution is 2.25. The van der Waals surface area contributed by atoms with Gasteiger partial charge in [-0.25, -0.2) is 0 Å². The van der Waals surface area contributed by atoms with E-state index in [4.69, 9.17) is 11.6 Å². The number of hydrogen-bond donors (Lipinski definition) is 1. The number of anilines is 1. The average molecular weight is 324 g/mol. The Morgan fingerprint density at radius 1 is 1.05 bits per heavy atom. The van der Waals surface area contributed by atoms with Crippen molar-refractivity contribution in [2.45, 2.75) is 9.79 Å². The summed E-state index contributed by atoms with van der Waals surface area (Å²) in [5.41, 5.74) is 1.26. The average Bonchev–Trinajstić information content (AvgIpc) is 2.47. The van der Waals surface area contributed by atoms with Crippen LogP contribution in [0.25, 0.3) is 0 Å². The van der Waals surface area contributed by atoms with Crippen LogP contribution in [0.1, 0.15) is 10.4 Å². The van der Waals surface area contributed by atoms with Gasteiger partial charge in [-0.05, 0) is 48.9 Å². The largest absolute Gasteiger partial charge is 0.322 e. The summed E-state index contributed by atoms with van der Waals surface area (Å²) in [6.07, 6.45) is 3.96. The molecule has 2 nitrogen and oxygen atoms in total. The van der Waals surface area contributed by atoms with Crippen LogP contribution in [0.3, 0.4) is 0 Å². The molecule has 0 aliphatic rings. The standard InChI is InChI=1S/C15H14ClNOS2/c1-19-11-5-3-4-10(8-11)17-15(18)13-9-12(20-2)6-7-14(13)16/h3-9H,1-2H3,(H,17,18). The third kappa shape index (κ3) is 3.72. The molecule has 20 heavy (non-hydrogen) atoms. The smallest absolute Gasteiger partial charge is 0.257 e. The molecule has 0 aliphatic carbocycles. The van der Waals surface area contributed by atoms with E-state index in [1.165, 1.54) is 0 Å². The van der Waals surface area contributed by atoms with Gasteiger partial charge < -0.3 is 5.32 Å². The predicted molar refractivity (Wildman–Crippen MR) is 89.4 cm³/mol. The van der Waals surface area contributed by atoms with E-state index in [-0.39, 0.29) is 5.91 Å². The zero-order valence-corrected chi connectivity index (χ0v) is 13.5. The van der Waals surface area contributed by atoms with Crippen LogP contribution in [-0.4, -0.2) is 18.4 Å². The predicted octanol–water partition coefficient (Wildman–Crippen LogP) is 5.04. The van der Waals surface area contributed by atoms with Crippen LogP contribution < -0.4 is 5.32 Å². The molecular weight excluding hydrogens is 310 g/mol. The Kier molecular flexibility index (Phi) is 5.40. The van der Waals surface area contributed by atoms with Crippen LogP contribution in [0.5, 0.6) is 0 Å². The highest BCUT2D eigenvalue weighted by atomic mass is 35.5. The third-order valence-electron chi connectivity index (χ3n) is 2.75. The van der Waals surface area contributed by atoms with Gasteiger partial charge in [0, 0.05) is 15.5 Å². The summed E-state index contributed by atoms with van der Waals surface area (Å²) in [7, 11) is 0. The van der Waals surface area contributed by atoms with E-state index in [9.17, 15) is 4.79 Å². The molecule has 0 aromatic heterocycles. The van der Waals surface area contributed by atoms with E-state index < -0.39 is 0 Å². The maximum Gasteiger partial charge on any atom is 0.257 e. The van der Waals surface area contributed by atoms with Gasteiger partial charge in [-0.1, -0.05) is 17.7 Å². The molecule has 0 fully saturated rings. The SMILES string of the molecule is CSc1cccc(NC(=O)c2cc(SC)ccc2Cl)c1. The van der Waals surface area contributed by atoms with Crippen LogP contribution in [-0.2, 0) is 0 Å². The molecule has 0 atom stereocenters. The summed E-state index contributed by atoms with van der Waals surface area (Å²) in [4.78, 5) is 14.4. The second-order valence-corrected chi connectivity index (χ2v) is 6.20. The minimum atomic E-state index is -0.191. The third-order valence-corrected chi connectivity index (χ3v) is 4.53. The monoisotopic (exact) mass is 323 g/mol. The van der Waals surface area contributed by atoms with Crippen molar-refractivity contribution < 1.29 is 4.79 Å². The molecule has 1 N–H and O–H groups in total. The van der Waals surface area contributed by atoms with E-state index in [1.54, 1.807) is 35.7 Å². The van der Waals surface area contributed by atoms with Crippen molar-refractivity contribution in [3.05, 3.63) is 53.1 Å². The Morgan fingerprint density at radius 2 is 1.75 bits per heavy atom. The van der Waals surface area contributed by atoms with Gasteiger partial charge in [0.1, 0.15) is 0 Å². The minimum absolute atomic E-state index is 0.191. The van der Waals surface area contributed by atoms with Crippen molar-refractivity contribution in [1.82, 2.24) is 0 Å². The highest BCUT2D eigenvalue weighted by Gasteiger charge is 2.11. The quantitative estimate of drug-likeness (QED) is 0.799. The van der Waals surface area contributed by atoms with Crippen molar-refractivity contribution in [2.75, 3.05) is 17.8 Å². The van der Waals surface area contributed by atoms with Gasteiger partial charge in [-0.15, -0.1) is 23.5 Å². The lowest BCUT2D eigenvalue weighted by molar-refractivity contribution is 0.102. The molecule has 2 rings (SSSR count). The number of halogens is 1. The van der Waals surface area contributed by atoms with Crippen LogP contribution in [0.2, 0.25) is 5.02 Å². The second-order valence-electron chi connectivity index (χ2n) is 4.03. The van der Waals surface area contributed by atoms with Crippen LogP contribution >= 0.6 is 35.1 Å². The number of carbonyl (C=O) groups is 1. The van der Waals surface area contributed by atoms with Crippen molar-refractivity contribution in [3.63, 3.8) is 0 Å². The lowest BCUT2D eigenvalue weighted by Crippen LogP contribution is -2.12. The fourth-order valence-electron chi connectivity index (χ4n) is 1.70. The number of hydrogen-bond acceptors (Lipinski definition) is 3. The van der Waals surface area contributed by atoms with Crippen LogP contribution in [0.15, 0.2) is 52.3 Å². The Morgan fingerprint density at radius 3 is 2.45 bits per heavy atom. The summed E-state index contributed by atoms with van der Waals surface area (Å²) < 4.78 is 0. The molecule has 0 saturated carbocycles. The Labute approximate surface area is 132 Å². The van der Waals surface area contributed by atoms with Crippen molar-refractivity contribution in [2.24, 2.45) is 0 Å².